The Balaban J connectivity index is 1.65. The number of rotatable bonds is 6. The van der Waals surface area contributed by atoms with Crippen LogP contribution in [-0.4, -0.2) is 35.0 Å². The molecule has 0 aliphatic carbocycles. The van der Waals surface area contributed by atoms with Crippen molar-refractivity contribution in [3.05, 3.63) is 81.0 Å². The van der Waals surface area contributed by atoms with Crippen LogP contribution in [0.3, 0.4) is 0 Å². The van der Waals surface area contributed by atoms with E-state index in [0.717, 1.165) is 47.5 Å². The number of benzene rings is 2. The summed E-state index contributed by atoms with van der Waals surface area (Å²) in [5, 5.41) is 12.0. The summed E-state index contributed by atoms with van der Waals surface area (Å²) in [6.45, 7) is 1.64. The van der Waals surface area contributed by atoms with E-state index in [1.54, 1.807) is 12.1 Å². The van der Waals surface area contributed by atoms with Crippen molar-refractivity contribution in [3.8, 4) is 17.2 Å². The number of ketones is 1. The number of carbonyl (C=O) groups excluding carboxylic acids is 1. The van der Waals surface area contributed by atoms with Gasteiger partial charge in [0.05, 0.1) is 11.3 Å². The second kappa shape index (κ2) is 10.1. The molecule has 0 atom stereocenters. The number of carbonyl (C=O) groups is 1. The van der Waals surface area contributed by atoms with Crippen molar-refractivity contribution in [1.29, 1.82) is 5.26 Å². The maximum Gasteiger partial charge on any atom is 0.147 e. The molecule has 2 heterocycles. The lowest BCUT2D eigenvalue weighted by Gasteiger charge is -2.28. The molecule has 7 heteroatoms. The van der Waals surface area contributed by atoms with Gasteiger partial charge in [0.2, 0.25) is 0 Å². The summed E-state index contributed by atoms with van der Waals surface area (Å²) in [6, 6.07) is 17.2. The normalized spacial score (nSPS) is 13.4. The average Bonchev–Trinajstić information content (AvgIpc) is 2.79. The van der Waals surface area contributed by atoms with E-state index < -0.39 is 0 Å². The van der Waals surface area contributed by atoms with Crippen LogP contribution in [0.1, 0.15) is 22.4 Å². The molecular weight excluding hydrogens is 461 g/mol. The van der Waals surface area contributed by atoms with Crippen LogP contribution in [0.4, 0.5) is 0 Å². The standard InChI is InChI=1S/C25H21Cl2N3OS/c1-30-11-10-23-22(14-30)24(17-4-8-19(27)9-5-17)21(13-28)25(29-23)32-15-20(31)12-16-2-6-18(26)7-3-16/h2-9H,10-12,14-15H2,1H3. The van der Waals surface area contributed by atoms with Gasteiger partial charge in [0.1, 0.15) is 16.9 Å². The molecule has 0 unspecified atom stereocenters. The lowest BCUT2D eigenvalue weighted by Crippen LogP contribution is -2.28. The van der Waals surface area contributed by atoms with E-state index in [4.69, 9.17) is 28.2 Å². The lowest BCUT2D eigenvalue weighted by molar-refractivity contribution is -0.116. The molecule has 4 rings (SSSR count). The van der Waals surface area contributed by atoms with Crippen molar-refractivity contribution in [3.63, 3.8) is 0 Å². The van der Waals surface area contributed by atoms with Crippen LogP contribution < -0.4 is 0 Å². The van der Waals surface area contributed by atoms with E-state index in [9.17, 15) is 10.1 Å². The summed E-state index contributed by atoms with van der Waals surface area (Å²) in [5.74, 6) is 0.330. The Morgan fingerprint density at radius 3 is 2.44 bits per heavy atom. The minimum atomic E-state index is 0.0773. The lowest BCUT2D eigenvalue weighted by atomic mass is 9.92. The fourth-order valence-electron chi connectivity index (χ4n) is 3.84. The first kappa shape index (κ1) is 22.8. The van der Waals surface area contributed by atoms with Crippen LogP contribution in [0.15, 0.2) is 53.6 Å². The van der Waals surface area contributed by atoms with Gasteiger partial charge in [-0.25, -0.2) is 4.98 Å². The van der Waals surface area contributed by atoms with E-state index in [2.05, 4.69) is 18.0 Å². The molecule has 1 aliphatic rings. The molecule has 1 aliphatic heterocycles. The van der Waals surface area contributed by atoms with Gasteiger partial charge in [-0.1, -0.05) is 59.2 Å². The summed E-state index contributed by atoms with van der Waals surface area (Å²) in [5.41, 5.74) is 5.35. The maximum absolute atomic E-state index is 12.6. The Hall–Kier alpha value is -2.36. The van der Waals surface area contributed by atoms with Crippen molar-refractivity contribution in [2.24, 2.45) is 0 Å². The Kier molecular flexibility index (Phi) is 7.17. The second-order valence-electron chi connectivity index (χ2n) is 7.83. The van der Waals surface area contributed by atoms with Crippen LogP contribution in [0, 0.1) is 11.3 Å². The van der Waals surface area contributed by atoms with Gasteiger partial charge in [0.25, 0.3) is 0 Å². The monoisotopic (exact) mass is 481 g/mol. The Bertz CT molecular complexity index is 1190. The average molecular weight is 482 g/mol. The number of nitriles is 1. The van der Waals surface area contributed by atoms with Gasteiger partial charge < -0.3 is 4.90 Å². The number of thioether (sulfide) groups is 1. The van der Waals surface area contributed by atoms with Crippen LogP contribution >= 0.6 is 35.0 Å². The number of halogens is 2. The third kappa shape index (κ3) is 5.16. The highest BCUT2D eigenvalue weighted by Crippen LogP contribution is 2.37. The van der Waals surface area contributed by atoms with Crippen molar-refractivity contribution in [1.82, 2.24) is 9.88 Å². The summed E-state index contributed by atoms with van der Waals surface area (Å²) in [7, 11) is 2.07. The Morgan fingerprint density at radius 2 is 1.78 bits per heavy atom. The van der Waals surface area contributed by atoms with Crippen LogP contribution in [0.5, 0.6) is 0 Å². The van der Waals surface area contributed by atoms with Crippen LogP contribution in [0.25, 0.3) is 11.1 Å². The maximum atomic E-state index is 12.6. The first-order valence-electron chi connectivity index (χ1n) is 10.2. The molecule has 4 nitrogen and oxygen atoms in total. The highest BCUT2D eigenvalue weighted by atomic mass is 35.5. The highest BCUT2D eigenvalue weighted by Gasteiger charge is 2.25. The SMILES string of the molecule is CN1CCc2nc(SCC(=O)Cc3ccc(Cl)cc3)c(C#N)c(-c3ccc(Cl)cc3)c2C1. The number of likely N-dealkylation sites (N-methyl/N-ethyl adjacent to an activating group) is 1. The first-order valence-corrected chi connectivity index (χ1v) is 12.0. The van der Waals surface area contributed by atoms with Gasteiger partial charge in [0.15, 0.2) is 0 Å². The smallest absolute Gasteiger partial charge is 0.147 e. The van der Waals surface area contributed by atoms with Gasteiger partial charge in [0, 0.05) is 47.2 Å². The van der Waals surface area contributed by atoms with Gasteiger partial charge in [-0.15, -0.1) is 0 Å². The number of nitrogens with zero attached hydrogens (tertiary/aromatic N) is 3. The van der Waals surface area contributed by atoms with Crippen molar-refractivity contribution >= 4 is 40.7 Å². The molecule has 3 aromatic rings. The molecule has 0 spiro atoms. The van der Waals surface area contributed by atoms with Crippen LogP contribution in [-0.2, 0) is 24.2 Å². The zero-order valence-corrected chi connectivity index (χ0v) is 19.9. The summed E-state index contributed by atoms with van der Waals surface area (Å²) in [6.07, 6.45) is 1.14. The minimum Gasteiger partial charge on any atom is -0.302 e. The molecule has 0 radical (unpaired) electrons. The van der Waals surface area contributed by atoms with Crippen molar-refractivity contribution in [2.75, 3.05) is 19.3 Å². The Morgan fingerprint density at radius 1 is 1.12 bits per heavy atom. The number of hydrogen-bond donors (Lipinski definition) is 0. The Labute approximate surface area is 202 Å². The van der Waals surface area contributed by atoms with E-state index in [-0.39, 0.29) is 11.5 Å². The molecule has 0 saturated carbocycles. The summed E-state index contributed by atoms with van der Waals surface area (Å²) < 4.78 is 0. The van der Waals surface area contributed by atoms with Gasteiger partial charge >= 0.3 is 0 Å². The zero-order valence-electron chi connectivity index (χ0n) is 17.6. The summed E-state index contributed by atoms with van der Waals surface area (Å²) in [4.78, 5) is 19.7. The molecule has 0 N–H and O–H groups in total. The molecule has 0 saturated heterocycles. The molecule has 0 fully saturated rings. The number of aromatic nitrogens is 1. The number of Topliss-reactive ketones (excluding diaryl/α,β-unsaturated/α-hetero) is 1. The molecule has 0 amide bonds. The van der Waals surface area contributed by atoms with E-state index >= 15 is 0 Å². The van der Waals surface area contributed by atoms with E-state index in [0.29, 0.717) is 27.1 Å². The molecule has 32 heavy (non-hydrogen) atoms. The molecular formula is C25H21Cl2N3OS. The second-order valence-corrected chi connectivity index (χ2v) is 9.67. The number of hydrogen-bond acceptors (Lipinski definition) is 5. The van der Waals surface area contributed by atoms with Crippen LogP contribution in [0.2, 0.25) is 10.0 Å². The quantitative estimate of drug-likeness (QED) is 0.415. The molecule has 162 valence electrons. The number of fused-ring (bicyclic) bond motifs is 1. The largest absolute Gasteiger partial charge is 0.302 e. The fraction of sp³-hybridized carbons (Fsp3) is 0.240. The molecule has 2 aromatic carbocycles. The van der Waals surface area contributed by atoms with E-state index in [1.165, 1.54) is 11.8 Å². The minimum absolute atomic E-state index is 0.0773. The van der Waals surface area contributed by atoms with Gasteiger partial charge in [-0.05, 0) is 48.0 Å². The zero-order chi connectivity index (χ0) is 22.7. The third-order valence-electron chi connectivity index (χ3n) is 5.44. The van der Waals surface area contributed by atoms with Gasteiger partial charge in [-0.2, -0.15) is 5.26 Å². The van der Waals surface area contributed by atoms with Gasteiger partial charge in [-0.3, -0.25) is 4.79 Å². The predicted molar refractivity (Wildman–Crippen MR) is 130 cm³/mol. The summed E-state index contributed by atoms with van der Waals surface area (Å²) >= 11 is 13.4. The van der Waals surface area contributed by atoms with E-state index in [1.807, 2.05) is 36.4 Å². The molecule has 0 bridgehead atoms. The topological polar surface area (TPSA) is 57.0 Å². The first-order chi connectivity index (χ1) is 15.4. The fourth-order valence-corrected chi connectivity index (χ4v) is 4.96. The predicted octanol–water partition coefficient (Wildman–Crippen LogP) is 5.82. The van der Waals surface area contributed by atoms with Crippen molar-refractivity contribution in [2.45, 2.75) is 24.4 Å². The van der Waals surface area contributed by atoms with Crippen molar-refractivity contribution < 1.29 is 4.79 Å². The number of pyridine rings is 1. The highest BCUT2D eigenvalue weighted by molar-refractivity contribution is 8.00. The third-order valence-corrected chi connectivity index (χ3v) is 6.98. The molecule has 1 aromatic heterocycles.